The van der Waals surface area contributed by atoms with Gasteiger partial charge in [-0.05, 0) is 24.3 Å². The highest BCUT2D eigenvalue weighted by Crippen LogP contribution is 2.60. The molecule has 144 valence electrons. The molecule has 0 N–H and O–H groups in total. The van der Waals surface area contributed by atoms with Gasteiger partial charge in [0.15, 0.2) is 23.3 Å². The number of allylic oxidation sites excluding steroid dienone is 2. The molecule has 1 unspecified atom stereocenters. The fourth-order valence-corrected chi connectivity index (χ4v) is 3.04. The first-order chi connectivity index (χ1) is 12.0. The van der Waals surface area contributed by atoms with Crippen LogP contribution in [0.3, 0.4) is 0 Å². The third-order valence-corrected chi connectivity index (χ3v) is 4.67. The van der Waals surface area contributed by atoms with Gasteiger partial charge in [0.05, 0.1) is 29.5 Å². The Morgan fingerprint density at radius 3 is 1.92 bits per heavy atom. The summed E-state index contributed by atoms with van der Waals surface area (Å²) in [6.45, 7) is 3.02. The summed E-state index contributed by atoms with van der Waals surface area (Å²) in [5.74, 6) is -8.90. The highest BCUT2D eigenvalue weighted by atomic mass is 19.2. The van der Waals surface area contributed by atoms with E-state index in [0.717, 1.165) is 7.11 Å². The molecule has 2 atom stereocenters. The van der Waals surface area contributed by atoms with E-state index in [9.17, 15) is 26.7 Å². The molecule has 1 saturated carbocycles. The van der Waals surface area contributed by atoms with E-state index in [2.05, 4.69) is 4.74 Å². The van der Waals surface area contributed by atoms with Crippen LogP contribution in [0.25, 0.3) is 0 Å². The van der Waals surface area contributed by atoms with Crippen molar-refractivity contribution in [2.45, 2.75) is 34.0 Å². The van der Waals surface area contributed by atoms with E-state index in [-0.39, 0.29) is 0 Å². The Kier molecular flexibility index (Phi) is 5.75. The van der Waals surface area contributed by atoms with Crippen LogP contribution in [0.4, 0.5) is 22.0 Å². The number of hydrogen-bond acceptors (Lipinski definition) is 3. The quantitative estimate of drug-likeness (QED) is 0.413. The first kappa shape index (κ1) is 20.4. The second-order valence-corrected chi connectivity index (χ2v) is 6.83. The number of carbonyl (C=O) groups excluding carboxylic acids is 1. The minimum atomic E-state index is -1.64. The second kappa shape index (κ2) is 7.34. The summed E-state index contributed by atoms with van der Waals surface area (Å²) in [6.07, 6.45) is 1.27. The molecule has 0 bridgehead atoms. The van der Waals surface area contributed by atoms with Gasteiger partial charge in [0.25, 0.3) is 0 Å². The first-order valence-electron chi connectivity index (χ1n) is 7.87. The number of ether oxygens (including phenoxy) is 2. The Balaban J connectivity index is 2.18. The molecule has 1 aliphatic carbocycles. The molecule has 0 amide bonds. The van der Waals surface area contributed by atoms with Crippen molar-refractivity contribution in [3.63, 3.8) is 0 Å². The SMILES string of the molecule is COCc1c(F)c(F)c(COC(=O)[C@@H]2C(/C=C(/C)F)C2(C)C)c(F)c1F. The Labute approximate surface area is 147 Å². The van der Waals surface area contributed by atoms with Crippen LogP contribution < -0.4 is 0 Å². The molecule has 0 aromatic heterocycles. The lowest BCUT2D eigenvalue weighted by Crippen LogP contribution is -2.15. The van der Waals surface area contributed by atoms with E-state index in [4.69, 9.17) is 4.74 Å². The molecule has 2 rings (SSSR count). The van der Waals surface area contributed by atoms with E-state index < -0.39 is 76.7 Å². The van der Waals surface area contributed by atoms with Crippen molar-refractivity contribution in [1.82, 2.24) is 0 Å². The van der Waals surface area contributed by atoms with Gasteiger partial charge in [-0.2, -0.15) is 0 Å². The van der Waals surface area contributed by atoms with Crippen molar-refractivity contribution in [2.24, 2.45) is 17.3 Å². The lowest BCUT2D eigenvalue weighted by atomic mass is 10.1. The number of rotatable bonds is 6. The third kappa shape index (κ3) is 3.60. The van der Waals surface area contributed by atoms with Crippen molar-refractivity contribution >= 4 is 5.97 Å². The number of hydrogen-bond donors (Lipinski definition) is 0. The summed E-state index contributed by atoms with van der Waals surface area (Å²) in [4.78, 5) is 12.1. The van der Waals surface area contributed by atoms with Crippen LogP contribution in [0.1, 0.15) is 31.9 Å². The maximum atomic E-state index is 14.0. The maximum absolute atomic E-state index is 14.0. The number of esters is 1. The minimum Gasteiger partial charge on any atom is -0.460 e. The Bertz CT molecular complexity index is 725. The molecule has 8 heteroatoms. The highest BCUT2D eigenvalue weighted by molar-refractivity contribution is 5.78. The Morgan fingerprint density at radius 1 is 1.04 bits per heavy atom. The predicted octanol–water partition coefficient (Wildman–Crippen LogP) is 4.58. The fraction of sp³-hybridized carbons (Fsp3) is 0.500. The molecule has 1 aromatic rings. The molecule has 0 spiro atoms. The molecule has 1 aliphatic rings. The minimum absolute atomic E-state index is 0.424. The summed E-state index contributed by atoms with van der Waals surface area (Å²) in [6, 6.07) is 0. The summed E-state index contributed by atoms with van der Waals surface area (Å²) < 4.78 is 78.1. The van der Waals surface area contributed by atoms with Crippen molar-refractivity contribution in [2.75, 3.05) is 7.11 Å². The van der Waals surface area contributed by atoms with Gasteiger partial charge < -0.3 is 9.47 Å². The lowest BCUT2D eigenvalue weighted by molar-refractivity contribution is -0.147. The molecule has 1 aromatic carbocycles. The highest BCUT2D eigenvalue weighted by Gasteiger charge is 2.61. The molecule has 0 radical (unpaired) electrons. The van der Waals surface area contributed by atoms with Gasteiger partial charge in [-0.25, -0.2) is 22.0 Å². The third-order valence-electron chi connectivity index (χ3n) is 4.67. The van der Waals surface area contributed by atoms with Crippen LogP contribution in [0.2, 0.25) is 0 Å². The normalized spacial score (nSPS) is 21.7. The summed E-state index contributed by atoms with van der Waals surface area (Å²) >= 11 is 0. The summed E-state index contributed by atoms with van der Waals surface area (Å²) in [5.41, 5.74) is -2.50. The van der Waals surface area contributed by atoms with E-state index in [1.165, 1.54) is 13.0 Å². The molecular weight excluding hydrogens is 359 g/mol. The zero-order valence-electron chi connectivity index (χ0n) is 14.8. The smallest absolute Gasteiger partial charge is 0.310 e. The van der Waals surface area contributed by atoms with E-state index in [0.29, 0.717) is 0 Å². The number of halogens is 5. The zero-order chi connectivity index (χ0) is 19.8. The van der Waals surface area contributed by atoms with Crippen LogP contribution in [-0.2, 0) is 27.5 Å². The maximum Gasteiger partial charge on any atom is 0.310 e. The van der Waals surface area contributed by atoms with E-state index >= 15 is 0 Å². The van der Waals surface area contributed by atoms with Crippen molar-refractivity contribution in [1.29, 1.82) is 0 Å². The van der Waals surface area contributed by atoms with Gasteiger partial charge in [-0.15, -0.1) is 0 Å². The van der Waals surface area contributed by atoms with Crippen molar-refractivity contribution in [3.8, 4) is 0 Å². The van der Waals surface area contributed by atoms with Gasteiger partial charge in [0, 0.05) is 7.11 Å². The van der Waals surface area contributed by atoms with Crippen LogP contribution in [0.15, 0.2) is 11.9 Å². The average molecular weight is 378 g/mol. The summed E-state index contributed by atoms with van der Waals surface area (Å²) in [5, 5.41) is 0. The molecule has 3 nitrogen and oxygen atoms in total. The Hall–Kier alpha value is -1.96. The Morgan fingerprint density at radius 2 is 1.50 bits per heavy atom. The second-order valence-electron chi connectivity index (χ2n) is 6.83. The largest absolute Gasteiger partial charge is 0.460 e. The number of benzene rings is 1. The van der Waals surface area contributed by atoms with Gasteiger partial charge in [0.2, 0.25) is 0 Å². The van der Waals surface area contributed by atoms with Crippen LogP contribution in [0.5, 0.6) is 0 Å². The van der Waals surface area contributed by atoms with Gasteiger partial charge >= 0.3 is 5.97 Å². The van der Waals surface area contributed by atoms with E-state index in [1.807, 2.05) is 0 Å². The topological polar surface area (TPSA) is 35.5 Å². The van der Waals surface area contributed by atoms with E-state index in [1.54, 1.807) is 13.8 Å². The first-order valence-corrected chi connectivity index (χ1v) is 7.87. The molecule has 0 heterocycles. The van der Waals surface area contributed by atoms with Gasteiger partial charge in [0.1, 0.15) is 6.61 Å². The van der Waals surface area contributed by atoms with Crippen LogP contribution in [0, 0.1) is 40.5 Å². The molecule has 0 saturated heterocycles. The van der Waals surface area contributed by atoms with Crippen molar-refractivity contribution < 1.29 is 36.2 Å². The number of carbonyl (C=O) groups is 1. The van der Waals surface area contributed by atoms with Gasteiger partial charge in [-0.3, -0.25) is 4.79 Å². The lowest BCUT2D eigenvalue weighted by Gasteiger charge is -2.12. The summed E-state index contributed by atoms with van der Waals surface area (Å²) in [7, 11) is 1.12. The monoisotopic (exact) mass is 378 g/mol. The molecule has 26 heavy (non-hydrogen) atoms. The van der Waals surface area contributed by atoms with Crippen LogP contribution in [-0.4, -0.2) is 13.1 Å². The predicted molar refractivity (Wildman–Crippen MR) is 82.4 cm³/mol. The molecule has 1 fully saturated rings. The number of methoxy groups -OCH3 is 1. The van der Waals surface area contributed by atoms with Crippen molar-refractivity contribution in [3.05, 3.63) is 46.3 Å². The average Bonchev–Trinajstić information content (AvgIpc) is 3.09. The molecule has 0 aliphatic heterocycles. The standard InChI is InChI=1S/C18H19F5O3/c1-8(19)5-11-12(18(11,2)3)17(24)26-7-10-15(22)13(20)9(6-25-4)14(21)16(10)23/h5,11-12H,6-7H2,1-4H3/b8-5-/t11?,12-/m0/s1. The van der Waals surface area contributed by atoms with Gasteiger partial charge in [-0.1, -0.05) is 13.8 Å². The molecular formula is C18H19F5O3. The zero-order valence-corrected chi connectivity index (χ0v) is 14.8. The fourth-order valence-electron chi connectivity index (χ4n) is 3.04. The van der Waals surface area contributed by atoms with Crippen LogP contribution >= 0.6 is 0 Å².